The van der Waals surface area contributed by atoms with Crippen LogP contribution in [0.15, 0.2) is 72.8 Å². The minimum Gasteiger partial charge on any atom is -0.449 e. The van der Waals surface area contributed by atoms with Gasteiger partial charge in [-0.1, -0.05) is 18.2 Å². The summed E-state index contributed by atoms with van der Waals surface area (Å²) < 4.78 is 4.67. The van der Waals surface area contributed by atoms with Crippen LogP contribution in [0.1, 0.15) is 0 Å². The fraction of sp³-hybridized carbons (Fsp3) is 0. The van der Waals surface area contributed by atoms with Crippen LogP contribution in [0.4, 0.5) is 33.2 Å². The third-order valence-corrected chi connectivity index (χ3v) is 3.60. The van der Waals surface area contributed by atoms with Gasteiger partial charge in [-0.25, -0.2) is 4.79 Å². The molecule has 0 amide bonds. The molecule has 8 nitrogen and oxygen atoms in total. The lowest BCUT2D eigenvalue weighted by Gasteiger charge is -2.12. The fourth-order valence-corrected chi connectivity index (χ4v) is 2.39. The number of para-hydroxylation sites is 1. The molecular formula is C19H15N3O5. The highest BCUT2D eigenvalue weighted by Gasteiger charge is 2.14. The molecule has 0 heterocycles. The molecule has 3 aromatic rings. The lowest BCUT2D eigenvalue weighted by Crippen LogP contribution is -2.05. The van der Waals surface area contributed by atoms with Crippen molar-refractivity contribution in [1.82, 2.24) is 0 Å². The Balaban J connectivity index is 1.80. The summed E-state index contributed by atoms with van der Waals surface area (Å²) in [4.78, 5) is 21.2. The molecule has 3 rings (SSSR count). The van der Waals surface area contributed by atoms with E-state index >= 15 is 0 Å². The number of benzene rings is 3. The number of nitro benzene ring substituents is 1. The number of carboxylic acid groups (broad SMARTS) is 1. The molecule has 0 radical (unpaired) electrons. The first-order valence-corrected chi connectivity index (χ1v) is 7.89. The smallest absolute Gasteiger partial charge is 0.449 e. The zero-order chi connectivity index (χ0) is 19.2. The highest BCUT2D eigenvalue weighted by Crippen LogP contribution is 2.32. The molecule has 0 fully saturated rings. The Morgan fingerprint density at radius 2 is 1.48 bits per heavy atom. The SMILES string of the molecule is O=C(O)Oc1ccc([N+](=O)[O-])cc1Nc1ccc(Nc2ccccc2)cc1. The molecule has 8 heteroatoms. The quantitative estimate of drug-likeness (QED) is 0.240. The first-order chi connectivity index (χ1) is 13.0. The number of ether oxygens (including phenoxy) is 1. The molecule has 0 saturated carbocycles. The monoisotopic (exact) mass is 365 g/mol. The Morgan fingerprint density at radius 3 is 2.07 bits per heavy atom. The van der Waals surface area contributed by atoms with Gasteiger partial charge in [-0.3, -0.25) is 10.1 Å². The number of hydrogen-bond acceptors (Lipinski definition) is 6. The van der Waals surface area contributed by atoms with Gasteiger partial charge in [0.25, 0.3) is 5.69 Å². The van der Waals surface area contributed by atoms with E-state index in [0.29, 0.717) is 5.69 Å². The summed E-state index contributed by atoms with van der Waals surface area (Å²) in [5.74, 6) is -0.0282. The highest BCUT2D eigenvalue weighted by molar-refractivity contribution is 5.74. The van der Waals surface area contributed by atoms with Crippen LogP contribution in [-0.2, 0) is 0 Å². The molecule has 0 aliphatic heterocycles. The maximum absolute atomic E-state index is 11.0. The molecule has 0 aromatic heterocycles. The van der Waals surface area contributed by atoms with Gasteiger partial charge in [0.2, 0.25) is 0 Å². The lowest BCUT2D eigenvalue weighted by atomic mass is 10.2. The molecule has 3 N–H and O–H groups in total. The van der Waals surface area contributed by atoms with Crippen LogP contribution in [0, 0.1) is 10.1 Å². The molecule has 0 atom stereocenters. The van der Waals surface area contributed by atoms with Gasteiger partial charge in [0.15, 0.2) is 5.75 Å². The van der Waals surface area contributed by atoms with Gasteiger partial charge in [0.1, 0.15) is 0 Å². The van der Waals surface area contributed by atoms with Crippen molar-refractivity contribution in [3.63, 3.8) is 0 Å². The minimum absolute atomic E-state index is 0.0282. The van der Waals surface area contributed by atoms with Crippen LogP contribution in [0.2, 0.25) is 0 Å². The number of non-ortho nitro benzene ring substituents is 1. The number of anilines is 4. The van der Waals surface area contributed by atoms with E-state index in [4.69, 9.17) is 5.11 Å². The second kappa shape index (κ2) is 7.87. The van der Waals surface area contributed by atoms with Gasteiger partial charge < -0.3 is 20.5 Å². The third kappa shape index (κ3) is 4.73. The summed E-state index contributed by atoms with van der Waals surface area (Å²) >= 11 is 0. The molecule has 0 bridgehead atoms. The average Bonchev–Trinajstić information content (AvgIpc) is 2.65. The van der Waals surface area contributed by atoms with Gasteiger partial charge in [-0.05, 0) is 42.5 Å². The van der Waals surface area contributed by atoms with Crippen molar-refractivity contribution >= 4 is 34.6 Å². The van der Waals surface area contributed by atoms with Crippen molar-refractivity contribution in [2.45, 2.75) is 0 Å². The summed E-state index contributed by atoms with van der Waals surface area (Å²) in [5.41, 5.74) is 2.40. The van der Waals surface area contributed by atoms with Gasteiger partial charge >= 0.3 is 6.16 Å². The van der Waals surface area contributed by atoms with Crippen molar-refractivity contribution in [1.29, 1.82) is 0 Å². The van der Waals surface area contributed by atoms with E-state index in [2.05, 4.69) is 15.4 Å². The number of nitrogens with one attached hydrogen (secondary N) is 2. The van der Waals surface area contributed by atoms with Crippen LogP contribution in [0.3, 0.4) is 0 Å². The zero-order valence-corrected chi connectivity index (χ0v) is 14.0. The van der Waals surface area contributed by atoms with Crippen molar-refractivity contribution < 1.29 is 19.6 Å². The van der Waals surface area contributed by atoms with Crippen LogP contribution < -0.4 is 15.4 Å². The van der Waals surface area contributed by atoms with Gasteiger partial charge in [-0.2, -0.15) is 0 Å². The molecule has 0 aliphatic rings. The van der Waals surface area contributed by atoms with Crippen LogP contribution >= 0.6 is 0 Å². The molecule has 3 aromatic carbocycles. The zero-order valence-electron chi connectivity index (χ0n) is 14.0. The van der Waals surface area contributed by atoms with Crippen LogP contribution in [0.5, 0.6) is 5.75 Å². The van der Waals surface area contributed by atoms with Crippen molar-refractivity contribution in [2.24, 2.45) is 0 Å². The van der Waals surface area contributed by atoms with Crippen LogP contribution in [0.25, 0.3) is 0 Å². The summed E-state index contributed by atoms with van der Waals surface area (Å²) in [5, 5.41) is 26.0. The Morgan fingerprint density at radius 1 is 0.889 bits per heavy atom. The predicted molar refractivity (Wildman–Crippen MR) is 101 cm³/mol. The maximum atomic E-state index is 11.0. The van der Waals surface area contributed by atoms with Gasteiger partial charge in [0.05, 0.1) is 10.6 Å². The third-order valence-electron chi connectivity index (χ3n) is 3.60. The van der Waals surface area contributed by atoms with Crippen molar-refractivity contribution in [2.75, 3.05) is 10.6 Å². The molecule has 0 spiro atoms. The summed E-state index contributed by atoms with van der Waals surface area (Å²) in [6.45, 7) is 0. The maximum Gasteiger partial charge on any atom is 0.511 e. The Bertz CT molecular complexity index is 959. The van der Waals surface area contributed by atoms with E-state index in [1.807, 2.05) is 42.5 Å². The number of nitrogens with zero attached hydrogens (tertiary/aromatic N) is 1. The highest BCUT2D eigenvalue weighted by atomic mass is 16.7. The van der Waals surface area contributed by atoms with E-state index in [1.54, 1.807) is 12.1 Å². The largest absolute Gasteiger partial charge is 0.511 e. The lowest BCUT2D eigenvalue weighted by molar-refractivity contribution is -0.384. The summed E-state index contributed by atoms with van der Waals surface area (Å²) in [6, 6.07) is 20.4. The van der Waals surface area contributed by atoms with Gasteiger partial charge in [-0.15, -0.1) is 0 Å². The number of carbonyl (C=O) groups is 1. The minimum atomic E-state index is -1.51. The molecule has 0 saturated heterocycles. The summed E-state index contributed by atoms with van der Waals surface area (Å²) in [6.07, 6.45) is -1.51. The molecule has 0 aliphatic carbocycles. The molecule has 136 valence electrons. The van der Waals surface area contributed by atoms with Crippen LogP contribution in [-0.4, -0.2) is 16.2 Å². The topological polar surface area (TPSA) is 114 Å². The standard InChI is InChI=1S/C19H15N3O5/c23-19(24)27-18-11-10-16(22(25)26)12-17(18)21-15-8-6-14(7-9-15)20-13-4-2-1-3-5-13/h1-12,20-21H,(H,23,24). The van der Waals surface area contributed by atoms with E-state index in [9.17, 15) is 14.9 Å². The molecular weight excluding hydrogens is 350 g/mol. The molecule has 0 unspecified atom stereocenters. The first-order valence-electron chi connectivity index (χ1n) is 7.89. The first kappa shape index (κ1) is 17.7. The van der Waals surface area contributed by atoms with E-state index < -0.39 is 11.1 Å². The van der Waals surface area contributed by atoms with Crippen molar-refractivity contribution in [3.05, 3.63) is 82.9 Å². The Hall–Kier alpha value is -4.07. The van der Waals surface area contributed by atoms with Crippen molar-refractivity contribution in [3.8, 4) is 5.75 Å². The Labute approximate surface area is 154 Å². The fourth-order valence-electron chi connectivity index (χ4n) is 2.39. The van der Waals surface area contributed by atoms with E-state index in [-0.39, 0.29) is 17.1 Å². The molecule has 27 heavy (non-hydrogen) atoms. The second-order valence-electron chi connectivity index (χ2n) is 5.50. The summed E-state index contributed by atoms with van der Waals surface area (Å²) in [7, 11) is 0. The predicted octanol–water partition coefficient (Wildman–Crippen LogP) is 5.14. The Kier molecular flexibility index (Phi) is 5.17. The van der Waals surface area contributed by atoms with E-state index in [1.165, 1.54) is 18.2 Å². The second-order valence-corrected chi connectivity index (χ2v) is 5.50. The number of nitro groups is 1. The normalized spacial score (nSPS) is 10.1. The average molecular weight is 365 g/mol. The number of hydrogen-bond donors (Lipinski definition) is 3. The van der Waals surface area contributed by atoms with Gasteiger partial charge in [0, 0.05) is 29.2 Å². The number of rotatable bonds is 6. The van der Waals surface area contributed by atoms with E-state index in [0.717, 1.165) is 11.4 Å².